The van der Waals surface area contributed by atoms with Crippen LogP contribution >= 0.6 is 11.8 Å². The number of nitrogens with zero attached hydrogens (tertiary/aromatic N) is 3. The average molecular weight is 295 g/mol. The lowest BCUT2D eigenvalue weighted by Crippen LogP contribution is -2.52. The van der Waals surface area contributed by atoms with E-state index in [-0.39, 0.29) is 11.9 Å². The maximum Gasteiger partial charge on any atom is 0.282 e. The van der Waals surface area contributed by atoms with Crippen molar-refractivity contribution in [2.75, 3.05) is 32.8 Å². The van der Waals surface area contributed by atoms with Crippen LogP contribution in [0.15, 0.2) is 0 Å². The van der Waals surface area contributed by atoms with E-state index in [0.29, 0.717) is 11.6 Å². The minimum Gasteiger partial charge on any atom is -0.342 e. The lowest BCUT2D eigenvalue weighted by Gasteiger charge is -2.30. The van der Waals surface area contributed by atoms with Gasteiger partial charge in [-0.2, -0.15) is 17.0 Å². The molecule has 0 aromatic heterocycles. The monoisotopic (exact) mass is 295 g/mol. The van der Waals surface area contributed by atoms with Crippen molar-refractivity contribution in [2.45, 2.75) is 25.9 Å². The third kappa shape index (κ3) is 2.98. The van der Waals surface area contributed by atoms with Gasteiger partial charge in [0.25, 0.3) is 10.2 Å². The Kier molecular flexibility index (Phi) is 5.05. The summed E-state index contributed by atoms with van der Waals surface area (Å²) in [7, 11) is 1.13. The Morgan fingerprint density at radius 2 is 1.89 bits per heavy atom. The number of carbonyl (C=O) groups is 1. The molecule has 1 rings (SSSR count). The molecule has 1 aliphatic rings. The van der Waals surface area contributed by atoms with E-state index in [4.69, 9.17) is 0 Å². The third-order valence-electron chi connectivity index (χ3n) is 3.01. The van der Waals surface area contributed by atoms with Crippen molar-refractivity contribution in [2.24, 2.45) is 0 Å². The van der Waals surface area contributed by atoms with Crippen molar-refractivity contribution in [3.05, 3.63) is 0 Å². The standard InChI is InChI=1S/C10H21N3O3S2/c1-8(2)12(5)10(14)9-6-17-7-13(9)18(15,16)11(3)4/h8-9H,6-7H2,1-5H3/t9-/m1/s1. The van der Waals surface area contributed by atoms with Crippen LogP contribution in [0.3, 0.4) is 0 Å². The number of hydrogen-bond donors (Lipinski definition) is 0. The fourth-order valence-electron chi connectivity index (χ4n) is 1.55. The zero-order valence-corrected chi connectivity index (χ0v) is 13.1. The Morgan fingerprint density at radius 1 is 1.33 bits per heavy atom. The highest BCUT2D eigenvalue weighted by Crippen LogP contribution is 2.26. The van der Waals surface area contributed by atoms with Gasteiger partial charge in [0, 0.05) is 32.9 Å². The van der Waals surface area contributed by atoms with Crippen LogP contribution < -0.4 is 0 Å². The van der Waals surface area contributed by atoms with Gasteiger partial charge in [-0.25, -0.2) is 0 Å². The topological polar surface area (TPSA) is 60.9 Å². The summed E-state index contributed by atoms with van der Waals surface area (Å²) in [5.74, 6) is 0.714. The third-order valence-corrected chi connectivity index (χ3v) is 6.08. The largest absolute Gasteiger partial charge is 0.342 e. The molecule has 1 amide bonds. The Hall–Kier alpha value is -0.310. The lowest BCUT2D eigenvalue weighted by molar-refractivity contribution is -0.134. The van der Waals surface area contributed by atoms with Gasteiger partial charge in [-0.15, -0.1) is 11.8 Å². The van der Waals surface area contributed by atoms with Crippen LogP contribution in [0, 0.1) is 0 Å². The van der Waals surface area contributed by atoms with Crippen LogP contribution in [0.2, 0.25) is 0 Å². The number of rotatable bonds is 4. The molecule has 0 saturated carbocycles. The zero-order chi connectivity index (χ0) is 14.1. The first kappa shape index (κ1) is 15.7. The number of likely N-dealkylation sites (N-methyl/N-ethyl adjacent to an activating group) is 1. The van der Waals surface area contributed by atoms with Crippen molar-refractivity contribution < 1.29 is 13.2 Å². The van der Waals surface area contributed by atoms with Crippen LogP contribution in [-0.4, -0.2) is 72.7 Å². The van der Waals surface area contributed by atoms with Gasteiger partial charge in [0.2, 0.25) is 5.91 Å². The summed E-state index contributed by atoms with van der Waals surface area (Å²) in [4.78, 5) is 13.8. The van der Waals surface area contributed by atoms with Gasteiger partial charge in [-0.05, 0) is 13.8 Å². The van der Waals surface area contributed by atoms with Crippen LogP contribution in [0.5, 0.6) is 0 Å². The zero-order valence-electron chi connectivity index (χ0n) is 11.5. The molecule has 0 bridgehead atoms. The fourth-order valence-corrected chi connectivity index (χ4v) is 4.32. The molecule has 106 valence electrons. The highest BCUT2D eigenvalue weighted by atomic mass is 32.2. The fraction of sp³-hybridized carbons (Fsp3) is 0.900. The van der Waals surface area contributed by atoms with Crippen molar-refractivity contribution in [3.8, 4) is 0 Å². The Balaban J connectivity index is 2.93. The van der Waals surface area contributed by atoms with Crippen LogP contribution in [-0.2, 0) is 15.0 Å². The quantitative estimate of drug-likeness (QED) is 0.734. The first-order valence-corrected chi connectivity index (χ1v) is 8.28. The number of hydrogen-bond acceptors (Lipinski definition) is 4. The second kappa shape index (κ2) is 5.77. The predicted octanol–water partition coefficient (Wildman–Crippen LogP) is 0.0345. The summed E-state index contributed by atoms with van der Waals surface area (Å²) in [6.07, 6.45) is 0. The van der Waals surface area contributed by atoms with Gasteiger partial charge >= 0.3 is 0 Å². The maximum atomic E-state index is 12.3. The van der Waals surface area contributed by atoms with Crippen molar-refractivity contribution >= 4 is 27.9 Å². The normalized spacial score (nSPS) is 21.8. The molecule has 6 nitrogen and oxygen atoms in total. The van der Waals surface area contributed by atoms with E-state index in [1.807, 2.05) is 13.8 Å². The number of amides is 1. The van der Waals surface area contributed by atoms with E-state index < -0.39 is 16.3 Å². The molecule has 0 aromatic carbocycles. The smallest absolute Gasteiger partial charge is 0.282 e. The van der Waals surface area contributed by atoms with Crippen LogP contribution in [0.1, 0.15) is 13.8 Å². The summed E-state index contributed by atoms with van der Waals surface area (Å²) in [6, 6.07) is -0.526. The Morgan fingerprint density at radius 3 is 2.33 bits per heavy atom. The first-order valence-electron chi connectivity index (χ1n) is 5.73. The van der Waals surface area contributed by atoms with Gasteiger partial charge in [0.15, 0.2) is 0 Å². The Bertz CT molecular complexity index is 409. The van der Waals surface area contributed by atoms with Crippen LogP contribution in [0.4, 0.5) is 0 Å². The summed E-state index contributed by atoms with van der Waals surface area (Å²) in [5, 5.41) is 0. The lowest BCUT2D eigenvalue weighted by atomic mass is 10.2. The van der Waals surface area contributed by atoms with E-state index in [0.717, 1.165) is 4.31 Å². The molecule has 0 N–H and O–H groups in total. The predicted molar refractivity (Wildman–Crippen MR) is 73.5 cm³/mol. The van der Waals surface area contributed by atoms with E-state index in [9.17, 15) is 13.2 Å². The molecule has 1 heterocycles. The first-order chi connectivity index (χ1) is 8.19. The molecule has 0 aromatic rings. The van der Waals surface area contributed by atoms with E-state index in [1.165, 1.54) is 30.2 Å². The summed E-state index contributed by atoms with van der Waals surface area (Å²) < 4.78 is 26.6. The van der Waals surface area contributed by atoms with Crippen molar-refractivity contribution in [3.63, 3.8) is 0 Å². The summed E-state index contributed by atoms with van der Waals surface area (Å²) in [6.45, 7) is 3.82. The minimum absolute atomic E-state index is 0.0620. The molecule has 1 aliphatic heterocycles. The number of carbonyl (C=O) groups excluding carboxylic acids is 1. The molecule has 0 spiro atoms. The van der Waals surface area contributed by atoms with Gasteiger partial charge in [0.1, 0.15) is 6.04 Å². The molecule has 1 saturated heterocycles. The highest BCUT2D eigenvalue weighted by molar-refractivity contribution is 8.00. The van der Waals surface area contributed by atoms with Crippen molar-refractivity contribution in [1.29, 1.82) is 0 Å². The Labute approximate surface area is 113 Å². The maximum absolute atomic E-state index is 12.3. The average Bonchev–Trinajstić information content (AvgIpc) is 2.75. The summed E-state index contributed by atoms with van der Waals surface area (Å²) in [5.41, 5.74) is 0. The second-order valence-electron chi connectivity index (χ2n) is 4.74. The van der Waals surface area contributed by atoms with Gasteiger partial charge in [-0.1, -0.05) is 0 Å². The molecule has 8 heteroatoms. The van der Waals surface area contributed by atoms with Crippen LogP contribution in [0.25, 0.3) is 0 Å². The second-order valence-corrected chi connectivity index (χ2v) is 7.83. The molecule has 18 heavy (non-hydrogen) atoms. The molecule has 1 atom stereocenters. The van der Waals surface area contributed by atoms with E-state index in [1.54, 1.807) is 11.9 Å². The molecular weight excluding hydrogens is 274 g/mol. The SMILES string of the molecule is CC(C)N(C)C(=O)[C@H]1CSCN1S(=O)(=O)N(C)C. The molecule has 1 fully saturated rings. The van der Waals surface area contributed by atoms with Gasteiger partial charge in [-0.3, -0.25) is 4.79 Å². The van der Waals surface area contributed by atoms with Gasteiger partial charge < -0.3 is 4.90 Å². The summed E-state index contributed by atoms with van der Waals surface area (Å²) >= 11 is 1.46. The molecule has 0 unspecified atom stereocenters. The van der Waals surface area contributed by atoms with E-state index in [2.05, 4.69) is 0 Å². The highest BCUT2D eigenvalue weighted by Gasteiger charge is 2.41. The number of thioether (sulfide) groups is 1. The molecule has 0 radical (unpaired) electrons. The molecule has 0 aliphatic carbocycles. The van der Waals surface area contributed by atoms with Gasteiger partial charge in [0.05, 0.1) is 5.88 Å². The minimum atomic E-state index is -3.53. The van der Waals surface area contributed by atoms with E-state index >= 15 is 0 Å². The van der Waals surface area contributed by atoms with Crippen molar-refractivity contribution in [1.82, 2.24) is 13.5 Å². The molecular formula is C10H21N3O3S2.